The van der Waals surface area contributed by atoms with Gasteiger partial charge in [-0.2, -0.15) is 0 Å². The third-order valence-corrected chi connectivity index (χ3v) is 4.15. The lowest BCUT2D eigenvalue weighted by atomic mass is 9.85. The van der Waals surface area contributed by atoms with Crippen LogP contribution >= 0.6 is 0 Å². The zero-order chi connectivity index (χ0) is 16.3. The number of carbonyl (C=O) groups is 2. The highest BCUT2D eigenvalue weighted by Crippen LogP contribution is 2.34. The molecule has 22 heavy (non-hydrogen) atoms. The number of hydrogen-bond acceptors (Lipinski definition) is 3. The topological polar surface area (TPSA) is 66.8 Å². The van der Waals surface area contributed by atoms with Gasteiger partial charge in [0.2, 0.25) is 0 Å². The summed E-state index contributed by atoms with van der Waals surface area (Å²) in [5.74, 6) is 0.205. The molecule has 5 heteroatoms. The number of benzene rings is 1. The molecule has 0 aromatic heterocycles. The number of rotatable bonds is 5. The number of esters is 1. The van der Waals surface area contributed by atoms with Crippen molar-refractivity contribution in [2.24, 2.45) is 5.92 Å². The highest BCUT2D eigenvalue weighted by molar-refractivity contribution is 5.89. The van der Waals surface area contributed by atoms with Crippen molar-refractivity contribution in [2.75, 3.05) is 18.1 Å². The van der Waals surface area contributed by atoms with E-state index < -0.39 is 6.09 Å². The molecule has 0 saturated heterocycles. The van der Waals surface area contributed by atoms with Gasteiger partial charge >= 0.3 is 12.1 Å². The van der Waals surface area contributed by atoms with Crippen LogP contribution in [-0.2, 0) is 16.0 Å². The van der Waals surface area contributed by atoms with Gasteiger partial charge in [-0.1, -0.05) is 26.0 Å². The Labute approximate surface area is 130 Å². The molecule has 1 amide bonds. The highest BCUT2D eigenvalue weighted by atomic mass is 16.5. The largest absolute Gasteiger partial charge is 0.466 e. The molecule has 0 radical (unpaired) electrons. The van der Waals surface area contributed by atoms with Crippen molar-refractivity contribution in [3.8, 4) is 0 Å². The molecule has 0 fully saturated rings. The summed E-state index contributed by atoms with van der Waals surface area (Å²) in [6, 6.07) is 5.83. The maximum Gasteiger partial charge on any atom is 0.411 e. The third-order valence-electron chi connectivity index (χ3n) is 4.15. The average Bonchev–Trinajstić information content (AvgIpc) is 2.87. The first-order chi connectivity index (χ1) is 10.4. The summed E-state index contributed by atoms with van der Waals surface area (Å²) < 4.78 is 5.06. The predicted molar refractivity (Wildman–Crippen MR) is 84.3 cm³/mol. The highest BCUT2D eigenvalue weighted by Gasteiger charge is 2.27. The normalized spacial score (nSPS) is 14.8. The average molecular weight is 305 g/mol. The summed E-state index contributed by atoms with van der Waals surface area (Å²) >= 11 is 0. The summed E-state index contributed by atoms with van der Waals surface area (Å²) in [4.78, 5) is 24.3. The monoisotopic (exact) mass is 305 g/mol. The summed E-state index contributed by atoms with van der Waals surface area (Å²) in [7, 11) is 0. The minimum Gasteiger partial charge on any atom is -0.466 e. The smallest absolute Gasteiger partial charge is 0.411 e. The van der Waals surface area contributed by atoms with E-state index in [4.69, 9.17) is 9.84 Å². The lowest BCUT2D eigenvalue weighted by Gasteiger charge is -2.21. The molecule has 1 aliphatic heterocycles. The summed E-state index contributed by atoms with van der Waals surface area (Å²) in [6.45, 7) is 6.86. The number of carbonyl (C=O) groups excluding carboxylic acids is 1. The number of hydrogen-bond donors (Lipinski definition) is 1. The second-order valence-corrected chi connectivity index (χ2v) is 5.93. The molecule has 0 aliphatic carbocycles. The van der Waals surface area contributed by atoms with E-state index in [0.29, 0.717) is 25.5 Å². The number of carboxylic acid groups (broad SMARTS) is 1. The van der Waals surface area contributed by atoms with Crippen LogP contribution in [0.2, 0.25) is 0 Å². The van der Waals surface area contributed by atoms with Crippen LogP contribution in [0.25, 0.3) is 0 Å². The number of nitrogens with zero attached hydrogens (tertiary/aromatic N) is 1. The van der Waals surface area contributed by atoms with Crippen LogP contribution in [0.4, 0.5) is 10.5 Å². The van der Waals surface area contributed by atoms with E-state index in [1.165, 1.54) is 4.90 Å². The van der Waals surface area contributed by atoms with Crippen molar-refractivity contribution in [3.05, 3.63) is 29.3 Å². The van der Waals surface area contributed by atoms with Crippen molar-refractivity contribution in [2.45, 2.75) is 39.5 Å². The standard InChI is InChI=1S/C17H23NO4/c1-4-22-16(19)10-14(11(2)3)12-5-6-15-13(9-12)7-8-18(15)17(20)21/h5-6,9,11,14H,4,7-8,10H2,1-3H3,(H,20,21). The van der Waals surface area contributed by atoms with Crippen LogP contribution < -0.4 is 4.90 Å². The molecule has 1 unspecified atom stereocenters. The van der Waals surface area contributed by atoms with Gasteiger partial charge in [0, 0.05) is 6.54 Å². The van der Waals surface area contributed by atoms with Crippen molar-refractivity contribution in [1.29, 1.82) is 0 Å². The van der Waals surface area contributed by atoms with Crippen LogP contribution in [-0.4, -0.2) is 30.3 Å². The zero-order valence-electron chi connectivity index (χ0n) is 13.3. The molecule has 5 nitrogen and oxygen atoms in total. The Hall–Kier alpha value is -2.04. The molecule has 1 aliphatic rings. The lowest BCUT2D eigenvalue weighted by molar-refractivity contribution is -0.143. The fraction of sp³-hybridized carbons (Fsp3) is 0.529. The molecule has 120 valence electrons. The van der Waals surface area contributed by atoms with E-state index in [0.717, 1.165) is 23.2 Å². The summed E-state index contributed by atoms with van der Waals surface area (Å²) in [5, 5.41) is 9.17. The Morgan fingerprint density at radius 2 is 2.09 bits per heavy atom. The van der Waals surface area contributed by atoms with Crippen LogP contribution in [0.1, 0.15) is 44.2 Å². The lowest BCUT2D eigenvalue weighted by Crippen LogP contribution is -2.26. The van der Waals surface area contributed by atoms with E-state index in [1.807, 2.05) is 18.2 Å². The molecule has 1 aromatic rings. The molecular formula is C17H23NO4. The Morgan fingerprint density at radius 3 is 2.68 bits per heavy atom. The van der Waals surface area contributed by atoms with Gasteiger partial charge in [-0.15, -0.1) is 0 Å². The molecule has 0 spiro atoms. The van der Waals surface area contributed by atoms with Gasteiger partial charge in [-0.05, 0) is 42.4 Å². The fourth-order valence-corrected chi connectivity index (χ4v) is 2.99. The maximum atomic E-state index is 11.8. The SMILES string of the molecule is CCOC(=O)CC(c1ccc2c(c1)CCN2C(=O)O)C(C)C. The Kier molecular flexibility index (Phi) is 5.06. The van der Waals surface area contributed by atoms with E-state index in [1.54, 1.807) is 6.92 Å². The van der Waals surface area contributed by atoms with Gasteiger partial charge in [0.1, 0.15) is 0 Å². The van der Waals surface area contributed by atoms with Gasteiger partial charge in [0.15, 0.2) is 0 Å². The molecular weight excluding hydrogens is 282 g/mol. The minimum absolute atomic E-state index is 0.0863. The van der Waals surface area contributed by atoms with Crippen molar-refractivity contribution < 1.29 is 19.4 Å². The number of anilines is 1. The Bertz CT molecular complexity index is 568. The van der Waals surface area contributed by atoms with Gasteiger partial charge in [-0.25, -0.2) is 4.79 Å². The quantitative estimate of drug-likeness (QED) is 0.846. The first-order valence-electron chi connectivity index (χ1n) is 7.73. The molecule has 2 rings (SSSR count). The second kappa shape index (κ2) is 6.81. The first-order valence-corrected chi connectivity index (χ1v) is 7.73. The van der Waals surface area contributed by atoms with E-state index >= 15 is 0 Å². The maximum absolute atomic E-state index is 11.8. The number of fused-ring (bicyclic) bond motifs is 1. The third kappa shape index (κ3) is 3.40. The molecule has 1 atom stereocenters. The van der Waals surface area contributed by atoms with E-state index in [9.17, 15) is 9.59 Å². The Morgan fingerprint density at radius 1 is 1.36 bits per heavy atom. The molecule has 0 saturated carbocycles. The second-order valence-electron chi connectivity index (χ2n) is 5.93. The van der Waals surface area contributed by atoms with E-state index in [2.05, 4.69) is 13.8 Å². The van der Waals surface area contributed by atoms with Gasteiger partial charge in [0.25, 0.3) is 0 Å². The summed E-state index contributed by atoms with van der Waals surface area (Å²) in [6.07, 6.45) is 0.158. The number of ether oxygens (including phenoxy) is 1. The Balaban J connectivity index is 2.23. The molecule has 1 aromatic carbocycles. The van der Waals surface area contributed by atoms with Gasteiger partial charge < -0.3 is 9.84 Å². The first kappa shape index (κ1) is 16.3. The van der Waals surface area contributed by atoms with Crippen molar-refractivity contribution in [1.82, 2.24) is 0 Å². The van der Waals surface area contributed by atoms with Crippen molar-refractivity contribution in [3.63, 3.8) is 0 Å². The molecule has 0 bridgehead atoms. The molecule has 1 heterocycles. The summed E-state index contributed by atoms with van der Waals surface area (Å²) in [5.41, 5.74) is 2.87. The van der Waals surface area contributed by atoms with Gasteiger partial charge in [0.05, 0.1) is 18.7 Å². The van der Waals surface area contributed by atoms with Crippen LogP contribution in [0.5, 0.6) is 0 Å². The fourth-order valence-electron chi connectivity index (χ4n) is 2.99. The predicted octanol–water partition coefficient (Wildman–Crippen LogP) is 3.42. The number of amides is 1. The minimum atomic E-state index is -0.918. The van der Waals surface area contributed by atoms with Crippen LogP contribution in [0.15, 0.2) is 18.2 Å². The molecule has 1 N–H and O–H groups in total. The van der Waals surface area contributed by atoms with Gasteiger partial charge in [-0.3, -0.25) is 9.69 Å². The zero-order valence-corrected chi connectivity index (χ0v) is 13.3. The van der Waals surface area contributed by atoms with E-state index in [-0.39, 0.29) is 11.9 Å². The van der Waals surface area contributed by atoms with Crippen LogP contribution in [0.3, 0.4) is 0 Å². The van der Waals surface area contributed by atoms with Crippen molar-refractivity contribution >= 4 is 17.7 Å². The van der Waals surface area contributed by atoms with Crippen LogP contribution in [0, 0.1) is 5.92 Å².